The van der Waals surface area contributed by atoms with Crippen LogP contribution >= 0.6 is 27.3 Å². The van der Waals surface area contributed by atoms with Crippen molar-refractivity contribution in [3.8, 4) is 0 Å². The summed E-state index contributed by atoms with van der Waals surface area (Å²) in [6, 6.07) is 17.7. The molecule has 0 radical (unpaired) electrons. The summed E-state index contributed by atoms with van der Waals surface area (Å²) < 4.78 is 0.892. The first kappa shape index (κ1) is 18.6. The van der Waals surface area contributed by atoms with Gasteiger partial charge in [-0.05, 0) is 57.4 Å². The third-order valence-electron chi connectivity index (χ3n) is 4.16. The molecule has 1 N–H and O–H groups in total. The van der Waals surface area contributed by atoms with Crippen molar-refractivity contribution in [2.45, 2.75) is 13.0 Å². The molecule has 0 aliphatic heterocycles. The number of hydrogen-bond donors (Lipinski definition) is 1. The smallest absolute Gasteiger partial charge is 0.264 e. The topological polar surface area (TPSA) is 49.4 Å². The molecule has 0 aliphatic carbocycles. The van der Waals surface area contributed by atoms with Crippen LogP contribution in [0, 0.1) is 0 Å². The Bertz CT molecular complexity index is 954. The highest BCUT2D eigenvalue weighted by molar-refractivity contribution is 9.11. The van der Waals surface area contributed by atoms with Crippen LogP contribution in [0.4, 0.5) is 0 Å². The molecule has 0 saturated heterocycles. The number of carbonyl (C=O) groups excluding carboxylic acids is 2. The summed E-state index contributed by atoms with van der Waals surface area (Å²) in [5, 5.41) is 5.27. The Balaban J connectivity index is 1.62. The highest BCUT2D eigenvalue weighted by atomic mass is 79.9. The number of amides is 2. The highest BCUT2D eigenvalue weighted by Crippen LogP contribution is 2.23. The van der Waals surface area contributed by atoms with Gasteiger partial charge in [0, 0.05) is 7.05 Å². The number of rotatable bonds is 5. The maximum atomic E-state index is 12.3. The van der Waals surface area contributed by atoms with Crippen LogP contribution in [0.1, 0.15) is 28.2 Å². The van der Waals surface area contributed by atoms with Crippen molar-refractivity contribution in [3.05, 3.63) is 68.8 Å². The molecular weight excluding hydrogens is 412 g/mol. The minimum atomic E-state index is -0.183. The normalized spacial score (nSPS) is 12.0. The summed E-state index contributed by atoms with van der Waals surface area (Å²) in [5.41, 5.74) is 1.04. The Hall–Kier alpha value is -2.18. The predicted molar refractivity (Wildman–Crippen MR) is 109 cm³/mol. The lowest BCUT2D eigenvalue weighted by molar-refractivity contribution is -0.122. The summed E-state index contributed by atoms with van der Waals surface area (Å²) in [6.07, 6.45) is 0. The first-order valence-corrected chi connectivity index (χ1v) is 9.84. The van der Waals surface area contributed by atoms with Gasteiger partial charge in [0.2, 0.25) is 5.91 Å². The van der Waals surface area contributed by atoms with Crippen LogP contribution in [0.25, 0.3) is 10.8 Å². The van der Waals surface area contributed by atoms with E-state index < -0.39 is 0 Å². The fraction of sp³-hybridized carbons (Fsp3) is 0.200. The number of halogens is 1. The van der Waals surface area contributed by atoms with Crippen LogP contribution in [0.5, 0.6) is 0 Å². The van der Waals surface area contributed by atoms with Crippen LogP contribution in [0.15, 0.2) is 58.4 Å². The molecule has 1 heterocycles. The Labute approximate surface area is 165 Å². The number of fused-ring (bicyclic) bond motifs is 1. The molecule has 0 bridgehead atoms. The summed E-state index contributed by atoms with van der Waals surface area (Å²) in [5.74, 6) is -0.341. The number of nitrogens with zero attached hydrogens (tertiary/aromatic N) is 1. The lowest BCUT2D eigenvalue weighted by atomic mass is 10.0. The van der Waals surface area contributed by atoms with Gasteiger partial charge in [0.1, 0.15) is 0 Å². The Kier molecular flexibility index (Phi) is 5.74. The molecule has 0 saturated carbocycles. The van der Waals surface area contributed by atoms with E-state index in [1.165, 1.54) is 21.6 Å². The van der Waals surface area contributed by atoms with E-state index in [-0.39, 0.29) is 24.4 Å². The second-order valence-electron chi connectivity index (χ2n) is 6.16. The fourth-order valence-corrected chi connectivity index (χ4v) is 4.13. The van der Waals surface area contributed by atoms with Gasteiger partial charge in [-0.3, -0.25) is 9.59 Å². The van der Waals surface area contributed by atoms with Crippen LogP contribution in [0.3, 0.4) is 0 Å². The Morgan fingerprint density at radius 2 is 1.85 bits per heavy atom. The van der Waals surface area contributed by atoms with Crippen molar-refractivity contribution >= 4 is 49.9 Å². The standard InChI is InChI=1S/C20H19BrN2O2S/c1-13(15-8-7-14-5-3-4-6-16(14)11-15)22-19(24)12-23(2)20(25)17-9-10-18(21)26-17/h3-11,13H,12H2,1-2H3,(H,22,24). The SMILES string of the molecule is CC(NC(=O)CN(C)C(=O)c1ccc(Br)s1)c1ccc2ccccc2c1. The molecule has 0 spiro atoms. The third kappa shape index (κ3) is 4.31. The maximum absolute atomic E-state index is 12.3. The Morgan fingerprint density at radius 1 is 1.12 bits per heavy atom. The molecular formula is C20H19BrN2O2S. The lowest BCUT2D eigenvalue weighted by Crippen LogP contribution is -2.39. The van der Waals surface area contributed by atoms with Gasteiger partial charge in [-0.2, -0.15) is 0 Å². The minimum Gasteiger partial charge on any atom is -0.348 e. The number of nitrogens with one attached hydrogen (secondary N) is 1. The number of likely N-dealkylation sites (N-methyl/N-ethyl adjacent to an activating group) is 1. The highest BCUT2D eigenvalue weighted by Gasteiger charge is 2.18. The van der Waals surface area contributed by atoms with Gasteiger partial charge >= 0.3 is 0 Å². The molecule has 1 atom stereocenters. The number of hydrogen-bond acceptors (Lipinski definition) is 3. The predicted octanol–water partition coefficient (Wildman–Crippen LogP) is 4.61. The lowest BCUT2D eigenvalue weighted by Gasteiger charge is -2.19. The van der Waals surface area contributed by atoms with Gasteiger partial charge in [-0.15, -0.1) is 11.3 Å². The number of benzene rings is 2. The first-order chi connectivity index (χ1) is 12.4. The van der Waals surface area contributed by atoms with E-state index in [0.717, 1.165) is 14.7 Å². The van der Waals surface area contributed by atoms with E-state index in [9.17, 15) is 9.59 Å². The average Bonchev–Trinajstić information content (AvgIpc) is 3.06. The number of thiophene rings is 1. The van der Waals surface area contributed by atoms with Crippen LogP contribution in [-0.2, 0) is 4.79 Å². The zero-order valence-electron chi connectivity index (χ0n) is 14.5. The van der Waals surface area contributed by atoms with E-state index >= 15 is 0 Å². The molecule has 0 fully saturated rings. The molecule has 0 aliphatic rings. The minimum absolute atomic E-state index is 0.0201. The van der Waals surface area contributed by atoms with Crippen molar-refractivity contribution in [2.75, 3.05) is 13.6 Å². The monoisotopic (exact) mass is 430 g/mol. The molecule has 6 heteroatoms. The molecule has 2 aromatic carbocycles. The van der Waals surface area contributed by atoms with E-state index in [0.29, 0.717) is 4.88 Å². The molecule has 1 unspecified atom stereocenters. The molecule has 26 heavy (non-hydrogen) atoms. The first-order valence-electron chi connectivity index (χ1n) is 8.23. The van der Waals surface area contributed by atoms with Gasteiger partial charge < -0.3 is 10.2 Å². The third-order valence-corrected chi connectivity index (χ3v) is 5.77. The molecule has 3 aromatic rings. The summed E-state index contributed by atoms with van der Waals surface area (Å²) in [7, 11) is 1.64. The van der Waals surface area contributed by atoms with E-state index in [4.69, 9.17) is 0 Å². The van der Waals surface area contributed by atoms with Crippen LogP contribution in [0.2, 0.25) is 0 Å². The average molecular weight is 431 g/mol. The number of carbonyl (C=O) groups is 2. The molecule has 134 valence electrons. The van der Waals surface area contributed by atoms with E-state index in [1.807, 2.05) is 31.2 Å². The van der Waals surface area contributed by atoms with E-state index in [2.05, 4.69) is 45.5 Å². The quantitative estimate of drug-likeness (QED) is 0.641. The molecule has 1 aromatic heterocycles. The molecule has 2 amide bonds. The largest absolute Gasteiger partial charge is 0.348 e. The summed E-state index contributed by atoms with van der Waals surface area (Å²) in [6.45, 7) is 1.96. The van der Waals surface area contributed by atoms with Crippen molar-refractivity contribution in [1.82, 2.24) is 10.2 Å². The van der Waals surface area contributed by atoms with Gasteiger partial charge in [-0.1, -0.05) is 36.4 Å². The second-order valence-corrected chi connectivity index (χ2v) is 8.62. The van der Waals surface area contributed by atoms with Crippen LogP contribution in [-0.4, -0.2) is 30.3 Å². The van der Waals surface area contributed by atoms with Gasteiger partial charge in [0.15, 0.2) is 0 Å². The molecule has 4 nitrogen and oxygen atoms in total. The van der Waals surface area contributed by atoms with Gasteiger partial charge in [-0.25, -0.2) is 0 Å². The fourth-order valence-electron chi connectivity index (χ4n) is 2.75. The second kappa shape index (κ2) is 8.01. The summed E-state index contributed by atoms with van der Waals surface area (Å²) in [4.78, 5) is 26.7. The molecule has 3 rings (SSSR count). The zero-order chi connectivity index (χ0) is 18.7. The van der Waals surface area contributed by atoms with E-state index in [1.54, 1.807) is 13.1 Å². The van der Waals surface area contributed by atoms with Crippen molar-refractivity contribution < 1.29 is 9.59 Å². The van der Waals surface area contributed by atoms with Gasteiger partial charge in [0.05, 0.1) is 21.3 Å². The maximum Gasteiger partial charge on any atom is 0.264 e. The van der Waals surface area contributed by atoms with Crippen molar-refractivity contribution in [3.63, 3.8) is 0 Å². The van der Waals surface area contributed by atoms with Crippen molar-refractivity contribution in [1.29, 1.82) is 0 Å². The zero-order valence-corrected chi connectivity index (χ0v) is 16.9. The Morgan fingerprint density at radius 3 is 2.54 bits per heavy atom. The van der Waals surface area contributed by atoms with Crippen molar-refractivity contribution in [2.24, 2.45) is 0 Å². The summed E-state index contributed by atoms with van der Waals surface area (Å²) >= 11 is 4.70. The van der Waals surface area contributed by atoms with Gasteiger partial charge in [0.25, 0.3) is 5.91 Å². The van der Waals surface area contributed by atoms with Crippen LogP contribution < -0.4 is 5.32 Å².